The van der Waals surface area contributed by atoms with E-state index in [0.29, 0.717) is 19.6 Å². The smallest absolute Gasteiger partial charge is 0.325 e. The first-order valence-corrected chi connectivity index (χ1v) is 7.33. The normalized spacial score (nSPS) is 19.6. The summed E-state index contributed by atoms with van der Waals surface area (Å²) < 4.78 is 4.83. The van der Waals surface area contributed by atoms with Crippen LogP contribution in [0.25, 0.3) is 0 Å². The molecule has 1 fully saturated rings. The minimum Gasteiger partial charge on any atom is -0.465 e. The zero-order chi connectivity index (χ0) is 15.0. The van der Waals surface area contributed by atoms with Crippen molar-refractivity contribution in [3.05, 3.63) is 0 Å². The van der Waals surface area contributed by atoms with Crippen molar-refractivity contribution in [2.24, 2.45) is 0 Å². The van der Waals surface area contributed by atoms with Crippen molar-refractivity contribution in [3.63, 3.8) is 0 Å². The van der Waals surface area contributed by atoms with Gasteiger partial charge in [0.05, 0.1) is 13.2 Å². The highest BCUT2D eigenvalue weighted by Gasteiger charge is 2.25. The largest absolute Gasteiger partial charge is 0.465 e. The van der Waals surface area contributed by atoms with Crippen LogP contribution < -0.4 is 0 Å². The summed E-state index contributed by atoms with van der Waals surface area (Å²) >= 11 is 0. The third-order valence-corrected chi connectivity index (χ3v) is 3.65. The lowest BCUT2D eigenvalue weighted by Gasteiger charge is -2.35. The first-order chi connectivity index (χ1) is 9.58. The number of nitrogens with zero attached hydrogens (tertiary/aromatic N) is 2. The van der Waals surface area contributed by atoms with Gasteiger partial charge in [-0.2, -0.15) is 0 Å². The van der Waals surface area contributed by atoms with E-state index in [1.807, 2.05) is 0 Å². The number of carbonyl (C=O) groups excluding carboxylic acids is 2. The predicted molar refractivity (Wildman–Crippen MR) is 75.2 cm³/mol. The summed E-state index contributed by atoms with van der Waals surface area (Å²) in [6.07, 6.45) is 3.95. The van der Waals surface area contributed by atoms with Crippen LogP contribution in [0.1, 0.15) is 32.6 Å². The monoisotopic (exact) mass is 286 g/mol. The molecule has 6 nitrogen and oxygen atoms in total. The van der Waals surface area contributed by atoms with E-state index in [1.165, 1.54) is 4.90 Å². The standard InChI is InChI=1S/C14H26N2O4/c1-3-20-14(19)11-15(2)13(18)10-16-8-5-4-6-12(16)7-9-17/h12,17H,3-11H2,1-2H3. The van der Waals surface area contributed by atoms with E-state index in [0.717, 1.165) is 25.8 Å². The molecule has 1 aliphatic rings. The average Bonchev–Trinajstić information content (AvgIpc) is 2.41. The topological polar surface area (TPSA) is 70.1 Å². The Morgan fingerprint density at radius 3 is 2.80 bits per heavy atom. The molecule has 1 N–H and O–H groups in total. The first-order valence-electron chi connectivity index (χ1n) is 7.33. The molecule has 0 radical (unpaired) electrons. The number of hydrogen-bond donors (Lipinski definition) is 1. The summed E-state index contributed by atoms with van der Waals surface area (Å²) in [4.78, 5) is 27.0. The van der Waals surface area contributed by atoms with Gasteiger partial charge in [0.2, 0.25) is 5.91 Å². The number of carbonyl (C=O) groups is 2. The Morgan fingerprint density at radius 1 is 1.40 bits per heavy atom. The summed E-state index contributed by atoms with van der Waals surface area (Å²) in [6, 6.07) is 0.272. The van der Waals surface area contributed by atoms with E-state index in [9.17, 15) is 9.59 Å². The molecule has 116 valence electrons. The molecule has 0 spiro atoms. The fraction of sp³-hybridized carbons (Fsp3) is 0.857. The van der Waals surface area contributed by atoms with E-state index >= 15 is 0 Å². The van der Waals surface area contributed by atoms with Crippen LogP contribution in [-0.4, -0.2) is 72.7 Å². The minimum absolute atomic E-state index is 0.00875. The van der Waals surface area contributed by atoms with Crippen LogP contribution in [-0.2, 0) is 14.3 Å². The van der Waals surface area contributed by atoms with E-state index in [2.05, 4.69) is 4.90 Å². The molecule has 0 saturated carbocycles. The lowest BCUT2D eigenvalue weighted by molar-refractivity contribution is -0.148. The summed E-state index contributed by atoms with van der Waals surface area (Å²) in [5.41, 5.74) is 0. The second kappa shape index (κ2) is 8.92. The molecule has 0 aliphatic carbocycles. The highest BCUT2D eigenvalue weighted by Crippen LogP contribution is 2.19. The highest BCUT2D eigenvalue weighted by molar-refractivity contribution is 5.83. The van der Waals surface area contributed by atoms with Gasteiger partial charge < -0.3 is 14.7 Å². The second-order valence-corrected chi connectivity index (χ2v) is 5.19. The van der Waals surface area contributed by atoms with Crippen molar-refractivity contribution in [3.8, 4) is 0 Å². The lowest BCUT2D eigenvalue weighted by Crippen LogP contribution is -2.47. The number of piperidine rings is 1. The zero-order valence-electron chi connectivity index (χ0n) is 12.5. The van der Waals surface area contributed by atoms with E-state index in [4.69, 9.17) is 9.84 Å². The van der Waals surface area contributed by atoms with Crippen LogP contribution in [0.2, 0.25) is 0 Å². The Balaban J connectivity index is 2.44. The fourth-order valence-electron chi connectivity index (χ4n) is 2.53. The van der Waals surface area contributed by atoms with Crippen molar-refractivity contribution < 1.29 is 19.4 Å². The Labute approximate surface area is 120 Å². The SMILES string of the molecule is CCOC(=O)CN(C)C(=O)CN1CCCCC1CCO. The van der Waals surface area contributed by atoms with Gasteiger partial charge in [-0.3, -0.25) is 14.5 Å². The molecule has 0 aromatic carbocycles. The zero-order valence-corrected chi connectivity index (χ0v) is 12.5. The van der Waals surface area contributed by atoms with Crippen molar-refractivity contribution in [2.75, 3.05) is 39.9 Å². The molecule has 0 aromatic heterocycles. The molecule has 1 rings (SSSR count). The summed E-state index contributed by atoms with van der Waals surface area (Å²) in [5.74, 6) is -0.461. The van der Waals surface area contributed by atoms with Crippen molar-refractivity contribution in [2.45, 2.75) is 38.6 Å². The van der Waals surface area contributed by atoms with E-state index in [1.54, 1.807) is 14.0 Å². The molecule has 0 bridgehead atoms. The number of aliphatic hydroxyl groups is 1. The molecular formula is C14H26N2O4. The van der Waals surface area contributed by atoms with Crippen molar-refractivity contribution in [1.82, 2.24) is 9.80 Å². The molecule has 1 aliphatic heterocycles. The number of amides is 1. The van der Waals surface area contributed by atoms with Crippen LogP contribution >= 0.6 is 0 Å². The van der Waals surface area contributed by atoms with Gasteiger partial charge in [0.25, 0.3) is 0 Å². The maximum absolute atomic E-state index is 12.1. The molecule has 1 unspecified atom stereocenters. The number of ether oxygens (including phenoxy) is 1. The number of rotatable bonds is 7. The third-order valence-electron chi connectivity index (χ3n) is 3.65. The van der Waals surface area contributed by atoms with Gasteiger partial charge in [-0.15, -0.1) is 0 Å². The van der Waals surface area contributed by atoms with Gasteiger partial charge in [0, 0.05) is 19.7 Å². The molecule has 1 atom stereocenters. The van der Waals surface area contributed by atoms with E-state index < -0.39 is 0 Å². The molecule has 1 saturated heterocycles. The molecule has 20 heavy (non-hydrogen) atoms. The maximum atomic E-state index is 12.1. The van der Waals surface area contributed by atoms with Crippen molar-refractivity contribution >= 4 is 11.9 Å². The van der Waals surface area contributed by atoms with Gasteiger partial charge >= 0.3 is 5.97 Å². The average molecular weight is 286 g/mol. The Morgan fingerprint density at radius 2 is 2.15 bits per heavy atom. The van der Waals surface area contributed by atoms with Crippen LogP contribution in [0, 0.1) is 0 Å². The molecule has 1 heterocycles. The third kappa shape index (κ3) is 5.46. The van der Waals surface area contributed by atoms with Gasteiger partial charge in [0.15, 0.2) is 0 Å². The molecular weight excluding hydrogens is 260 g/mol. The van der Waals surface area contributed by atoms with Crippen LogP contribution in [0.5, 0.6) is 0 Å². The number of likely N-dealkylation sites (N-methyl/N-ethyl adjacent to an activating group) is 1. The van der Waals surface area contributed by atoms with Gasteiger partial charge in [-0.25, -0.2) is 0 Å². The predicted octanol–water partition coefficient (Wildman–Crippen LogP) is 0.245. The van der Waals surface area contributed by atoms with Crippen LogP contribution in [0.4, 0.5) is 0 Å². The Kier molecular flexibility index (Phi) is 7.54. The van der Waals surface area contributed by atoms with Crippen LogP contribution in [0.3, 0.4) is 0 Å². The fourth-order valence-corrected chi connectivity index (χ4v) is 2.53. The Hall–Kier alpha value is -1.14. The molecule has 0 aromatic rings. The second-order valence-electron chi connectivity index (χ2n) is 5.19. The van der Waals surface area contributed by atoms with Crippen LogP contribution in [0.15, 0.2) is 0 Å². The first kappa shape index (κ1) is 16.9. The lowest BCUT2D eigenvalue weighted by atomic mass is 9.99. The van der Waals surface area contributed by atoms with Gasteiger partial charge in [-0.05, 0) is 32.7 Å². The number of hydrogen-bond acceptors (Lipinski definition) is 5. The minimum atomic E-state index is -0.381. The molecule has 1 amide bonds. The van der Waals surface area contributed by atoms with Crippen molar-refractivity contribution in [1.29, 1.82) is 0 Å². The number of esters is 1. The maximum Gasteiger partial charge on any atom is 0.325 e. The highest BCUT2D eigenvalue weighted by atomic mass is 16.5. The summed E-state index contributed by atoms with van der Waals surface area (Å²) in [5, 5.41) is 9.07. The van der Waals surface area contributed by atoms with Gasteiger partial charge in [0.1, 0.15) is 6.54 Å². The van der Waals surface area contributed by atoms with E-state index in [-0.39, 0.29) is 31.1 Å². The molecule has 6 heteroatoms. The summed E-state index contributed by atoms with van der Waals surface area (Å²) in [7, 11) is 1.62. The quantitative estimate of drug-likeness (QED) is 0.679. The van der Waals surface area contributed by atoms with Gasteiger partial charge in [-0.1, -0.05) is 6.42 Å². The number of aliphatic hydroxyl groups excluding tert-OH is 1. The number of likely N-dealkylation sites (tertiary alicyclic amines) is 1. The Bertz CT molecular complexity index is 320. The summed E-state index contributed by atoms with van der Waals surface area (Å²) in [6.45, 7) is 3.39.